The van der Waals surface area contributed by atoms with Crippen molar-refractivity contribution >= 4 is 35.8 Å². The van der Waals surface area contributed by atoms with Crippen LogP contribution in [0.5, 0.6) is 0 Å². The fraction of sp³-hybridized carbons (Fsp3) is 0.918. The smallest absolute Gasteiger partial charge is 0.320 e. The highest BCUT2D eigenvalue weighted by molar-refractivity contribution is 5.74. The molecule has 0 aliphatic carbocycles. The van der Waals surface area contributed by atoms with Crippen molar-refractivity contribution in [2.45, 2.75) is 170 Å². The number of esters is 6. The minimum atomic E-state index is -0.907. The first-order valence-corrected chi connectivity index (χ1v) is 37.3. The molecule has 2 aliphatic heterocycles. The maximum Gasteiger partial charge on any atom is 0.320 e. The van der Waals surface area contributed by atoms with Crippen molar-refractivity contribution in [3.8, 4) is 0 Å². The van der Waals surface area contributed by atoms with E-state index >= 15 is 0 Å². The Morgan fingerprint density at radius 3 is 0.699 bits per heavy atom. The van der Waals surface area contributed by atoms with Crippen LogP contribution in [-0.4, -0.2) is 415 Å². The molecule has 30 nitrogen and oxygen atoms in total. The van der Waals surface area contributed by atoms with Crippen LogP contribution in [0.2, 0.25) is 0 Å². The van der Waals surface area contributed by atoms with Crippen LogP contribution in [0.25, 0.3) is 0 Å². The van der Waals surface area contributed by atoms with Gasteiger partial charge in [-0.15, -0.1) is 0 Å². The summed E-state index contributed by atoms with van der Waals surface area (Å²) in [6.45, 7) is 44.9. The molecule has 0 aromatic rings. The third kappa shape index (κ3) is 53.5. The molecule has 0 saturated carbocycles. The molecule has 0 bridgehead atoms. The second-order valence-electron chi connectivity index (χ2n) is 32.9. The summed E-state index contributed by atoms with van der Waals surface area (Å²) in [4.78, 5) is 101. The van der Waals surface area contributed by atoms with Gasteiger partial charge in [0, 0.05) is 164 Å². The Balaban J connectivity index is 2.62. The molecule has 0 aromatic heterocycles. The Morgan fingerprint density at radius 1 is 0.301 bits per heavy atom. The van der Waals surface area contributed by atoms with Crippen LogP contribution in [0.1, 0.15) is 125 Å². The van der Waals surface area contributed by atoms with E-state index in [1.807, 2.05) is 154 Å². The zero-order valence-corrected chi connectivity index (χ0v) is 67.2. The molecular formula is C73H142N10O20. The summed E-state index contributed by atoms with van der Waals surface area (Å²) in [5.41, 5.74) is -4.27. The second kappa shape index (κ2) is 49.2. The van der Waals surface area contributed by atoms with E-state index in [0.29, 0.717) is 171 Å². The molecule has 103 heavy (non-hydrogen) atoms. The van der Waals surface area contributed by atoms with Crippen LogP contribution < -0.4 is 0 Å². The molecule has 0 spiro atoms. The van der Waals surface area contributed by atoms with Crippen LogP contribution in [0.15, 0.2) is 0 Å². The lowest BCUT2D eigenvalue weighted by Gasteiger charge is -2.36. The number of methoxy groups -OCH3 is 1. The molecule has 0 radical (unpaired) electrons. The highest BCUT2D eigenvalue weighted by Crippen LogP contribution is 2.16. The second-order valence-corrected chi connectivity index (χ2v) is 32.9. The molecule has 0 aromatic carbocycles. The molecule has 30 heteroatoms. The minimum Gasteiger partial charge on any atom is -0.459 e. The molecule has 2 saturated heterocycles. The third-order valence-electron chi connectivity index (χ3n) is 15.6. The fourth-order valence-electron chi connectivity index (χ4n) is 11.2. The molecule has 3 N–H and O–H groups in total. The van der Waals surface area contributed by atoms with E-state index in [-0.39, 0.29) is 128 Å². The van der Waals surface area contributed by atoms with Crippen molar-refractivity contribution in [1.29, 1.82) is 0 Å². The van der Waals surface area contributed by atoms with Gasteiger partial charge >= 0.3 is 35.8 Å². The lowest BCUT2D eigenvalue weighted by atomic mass is 10.2. The van der Waals surface area contributed by atoms with Gasteiger partial charge in [0.15, 0.2) is 0 Å². The minimum absolute atomic E-state index is 0.00253. The highest BCUT2D eigenvalue weighted by atomic mass is 16.6. The zero-order chi connectivity index (χ0) is 77.5. The number of carbonyl (C=O) groups is 6. The number of aliphatic hydroxyl groups is 3. The average Bonchev–Trinajstić information content (AvgIpc) is 0.896. The Kier molecular flexibility index (Phi) is 45.5. The maximum atomic E-state index is 13.5. The summed E-state index contributed by atoms with van der Waals surface area (Å²) in [7, 11) is 1.61. The Hall–Kier alpha value is -3.90. The normalized spacial score (nSPS) is 17.9. The molecule has 2 unspecified atom stereocenters. The van der Waals surface area contributed by atoms with Crippen LogP contribution in [-0.2, 0) is 80.9 Å². The van der Waals surface area contributed by atoms with E-state index in [1.165, 1.54) is 0 Å². The molecule has 2 aliphatic rings. The summed E-state index contributed by atoms with van der Waals surface area (Å²) in [6, 6.07) is 0. The van der Waals surface area contributed by atoms with Crippen molar-refractivity contribution < 1.29 is 96.2 Å². The van der Waals surface area contributed by atoms with Gasteiger partial charge in [0.25, 0.3) is 0 Å². The SMILES string of the molecule is COCCOCCOCCN(CCN(CCOCCOCCO)CC(O)CN1CCN(CC(=O)OC(C)(C)C)CCN(CC(=O)OC(C)(C)C)CCN(CC(=O)OC(C)(C)C)CC1)CC(O)CN1CCN(CC(=O)OC(C)(C)C)CCN(CC(=O)OC(C)(C)C)CCN(CC(=O)OC(C)(C)C)CC1. The highest BCUT2D eigenvalue weighted by Gasteiger charge is 2.31. The summed E-state index contributed by atoms with van der Waals surface area (Å²) in [5, 5.41) is 34.1. The molecule has 0 amide bonds. The van der Waals surface area contributed by atoms with Gasteiger partial charge in [-0.25, -0.2) is 0 Å². The number of rotatable bonds is 40. The van der Waals surface area contributed by atoms with E-state index in [9.17, 15) is 44.1 Å². The Labute approximate surface area is 618 Å². The first-order chi connectivity index (χ1) is 47.9. The van der Waals surface area contributed by atoms with Gasteiger partial charge in [-0.2, -0.15) is 0 Å². The lowest BCUT2D eigenvalue weighted by Crippen LogP contribution is -2.51. The van der Waals surface area contributed by atoms with E-state index in [1.54, 1.807) is 7.11 Å². The Bertz CT molecular complexity index is 2270. The predicted octanol–water partition coefficient (Wildman–Crippen LogP) is 1.51. The number of ether oxygens (including phenoxy) is 11. The molecule has 2 fully saturated rings. The van der Waals surface area contributed by atoms with Crippen molar-refractivity contribution in [3.63, 3.8) is 0 Å². The van der Waals surface area contributed by atoms with Gasteiger partial charge in [-0.1, -0.05) is 0 Å². The van der Waals surface area contributed by atoms with Crippen LogP contribution in [0.3, 0.4) is 0 Å². The number of hydrogen-bond donors (Lipinski definition) is 3. The van der Waals surface area contributed by atoms with Crippen LogP contribution in [0, 0.1) is 0 Å². The molecule has 604 valence electrons. The number of nitrogens with zero attached hydrogens (tertiary/aromatic N) is 10. The number of carbonyl (C=O) groups excluding carboxylic acids is 6. The van der Waals surface area contributed by atoms with Crippen LogP contribution in [0.4, 0.5) is 0 Å². The molecular weight excluding hydrogens is 1340 g/mol. The quantitative estimate of drug-likeness (QED) is 0.0445. The Morgan fingerprint density at radius 2 is 0.495 bits per heavy atom. The van der Waals surface area contributed by atoms with Crippen LogP contribution >= 0.6 is 0 Å². The maximum absolute atomic E-state index is 13.5. The molecule has 2 heterocycles. The van der Waals surface area contributed by atoms with Gasteiger partial charge in [0.2, 0.25) is 0 Å². The number of aliphatic hydroxyl groups excluding tert-OH is 3. The largest absolute Gasteiger partial charge is 0.459 e. The topological polar surface area (TPSA) is 297 Å². The van der Waals surface area contributed by atoms with Crippen molar-refractivity contribution in [1.82, 2.24) is 49.0 Å². The van der Waals surface area contributed by atoms with E-state index in [2.05, 4.69) is 19.6 Å². The van der Waals surface area contributed by atoms with Crippen molar-refractivity contribution in [3.05, 3.63) is 0 Å². The van der Waals surface area contributed by atoms with Gasteiger partial charge in [0.1, 0.15) is 33.6 Å². The molecule has 2 atom stereocenters. The van der Waals surface area contributed by atoms with Crippen molar-refractivity contribution in [2.75, 3.05) is 270 Å². The average molecular weight is 1480 g/mol. The number of β-amino-alcohol motifs (C(OH)–C–C–N with tert-alkyl or cyclic N) is 2. The van der Waals surface area contributed by atoms with E-state index in [4.69, 9.17) is 52.1 Å². The fourth-order valence-corrected chi connectivity index (χ4v) is 11.2. The summed E-state index contributed by atoms with van der Waals surface area (Å²) in [5.74, 6) is -2.33. The van der Waals surface area contributed by atoms with Gasteiger partial charge in [-0.05, 0) is 125 Å². The zero-order valence-electron chi connectivity index (χ0n) is 67.2. The first-order valence-electron chi connectivity index (χ1n) is 37.3. The van der Waals surface area contributed by atoms with Gasteiger partial charge in [-0.3, -0.25) is 77.8 Å². The third-order valence-corrected chi connectivity index (χ3v) is 15.6. The monoisotopic (exact) mass is 1480 g/mol. The summed E-state index contributed by atoms with van der Waals surface area (Å²) < 4.78 is 63.2. The summed E-state index contributed by atoms with van der Waals surface area (Å²) in [6.07, 6.45) is -1.81. The van der Waals surface area contributed by atoms with Gasteiger partial charge in [0.05, 0.1) is 118 Å². The number of hydrogen-bond acceptors (Lipinski definition) is 30. The first kappa shape index (κ1) is 95.2. The molecule has 2 rings (SSSR count). The van der Waals surface area contributed by atoms with E-state index < -0.39 is 45.8 Å². The lowest BCUT2D eigenvalue weighted by molar-refractivity contribution is -0.158. The predicted molar refractivity (Wildman–Crippen MR) is 394 cm³/mol. The van der Waals surface area contributed by atoms with Gasteiger partial charge < -0.3 is 67.4 Å². The van der Waals surface area contributed by atoms with E-state index in [0.717, 1.165) is 0 Å². The summed E-state index contributed by atoms with van der Waals surface area (Å²) >= 11 is 0. The standard InChI is InChI=1S/C73H142N10O20/c1-68(2,3)98-62(87)54-76-24-20-74(21-25-77(55-63(88)99-69(4,5)6)29-33-80(32-28-76)58-66(91)102-72(13,14)15)50-60(85)52-82(38-41-94-46-48-96-43-40-84)36-37-83(39-42-95-47-49-97-45-44-93-19)53-61(86)51-75-22-26-78(56-64(89)100-70(7,8)9)30-34-81(59-67(92)103-73(16,17)18)35-31-79(27-23-75)57-65(90)101-71(10,11)12/h60-61,84-86H,20-59H2,1-19H3. The van der Waals surface area contributed by atoms with Crippen molar-refractivity contribution in [2.24, 2.45) is 0 Å².